The summed E-state index contributed by atoms with van der Waals surface area (Å²) in [5.41, 5.74) is 39.9. The van der Waals surface area contributed by atoms with E-state index in [0.29, 0.717) is 0 Å². The molecule has 0 amide bonds. The Morgan fingerprint density at radius 3 is 0.468 bits per heavy atom. The summed E-state index contributed by atoms with van der Waals surface area (Å²) in [6.07, 6.45) is 16.5. The average Bonchev–Trinajstić information content (AvgIpc) is 0.808. The molecule has 12 aromatic rings. The Morgan fingerprint density at radius 2 is 0.270 bits per heavy atom. The van der Waals surface area contributed by atoms with Crippen molar-refractivity contribution in [1.29, 1.82) is 0 Å². The van der Waals surface area contributed by atoms with Crippen LogP contribution in [0.4, 0.5) is 0 Å². The highest BCUT2D eigenvalue weighted by atomic mass is 14.2. The van der Waals surface area contributed by atoms with Gasteiger partial charge in [-0.2, -0.15) is 0 Å². The molecule has 12 aromatic carbocycles. The summed E-state index contributed by atoms with van der Waals surface area (Å²) in [7, 11) is 0. The van der Waals surface area contributed by atoms with Crippen molar-refractivity contribution in [2.24, 2.45) is 0 Å². The van der Waals surface area contributed by atoms with Gasteiger partial charge >= 0.3 is 0 Å². The molecule has 0 aliphatic carbocycles. The molecule has 0 radical (unpaired) electrons. The predicted molar refractivity (Wildman–Crippen MR) is 587 cm³/mol. The van der Waals surface area contributed by atoms with Crippen LogP contribution in [-0.4, -0.2) is 0 Å². The predicted octanol–water partition coefficient (Wildman–Crippen LogP) is 40.9. The Kier molecular flexibility index (Phi) is 82.0. The van der Waals surface area contributed by atoms with Gasteiger partial charge in [0.2, 0.25) is 0 Å². The second-order valence-electron chi connectivity index (χ2n) is 27.0. The summed E-state index contributed by atoms with van der Waals surface area (Å²) in [6.45, 7) is 81.2. The molecule has 0 saturated carbocycles. The van der Waals surface area contributed by atoms with Crippen LogP contribution in [0.3, 0.4) is 0 Å². The fourth-order valence-electron chi connectivity index (χ4n) is 13.4. The first-order valence-corrected chi connectivity index (χ1v) is 51.1. The maximum atomic E-state index is 2.35. The molecule has 0 heteroatoms. The smallest absolute Gasteiger partial charge is 0.0152 e. The van der Waals surface area contributed by atoms with Gasteiger partial charge in [-0.25, -0.2) is 0 Å². The van der Waals surface area contributed by atoms with Crippen LogP contribution in [0.5, 0.6) is 0 Å². The van der Waals surface area contributed by atoms with Gasteiger partial charge in [0.25, 0.3) is 0 Å². The van der Waals surface area contributed by atoms with E-state index in [0.717, 1.165) is 96.3 Å². The third kappa shape index (κ3) is 44.9. The maximum absolute atomic E-state index is 2.35. The van der Waals surface area contributed by atoms with Gasteiger partial charge in [-0.05, 0) is 258 Å². The van der Waals surface area contributed by atoms with Gasteiger partial charge in [0.05, 0.1) is 0 Å². The van der Waals surface area contributed by atoms with E-state index in [9.17, 15) is 0 Å². The molecule has 0 aliphatic rings. The quantitative estimate of drug-likeness (QED) is 0.0634. The highest BCUT2D eigenvalue weighted by molar-refractivity contribution is 5.74. The fraction of sp³-hybridized carbons (Fsp3) is 0.429. The number of hydrogen-bond acceptors (Lipinski definition) is 0. The summed E-state index contributed by atoms with van der Waals surface area (Å²) in [6, 6.07) is 97.1. The van der Waals surface area contributed by atoms with Gasteiger partial charge in [0, 0.05) is 0 Å². The van der Waals surface area contributed by atoms with Crippen LogP contribution in [0, 0.1) is 0 Å². The van der Waals surface area contributed by atoms with Crippen LogP contribution in [-0.2, 0) is 96.3 Å². The topological polar surface area (TPSA) is 0 Å². The molecular weight excluding hydrogens is 1510 g/mol. The largest absolute Gasteiger partial charge is 0.0683 e. The molecule has 12 rings (SSSR count). The highest BCUT2D eigenvalue weighted by Crippen LogP contribution is 2.32. The number of rotatable bonds is 22. The normalized spacial score (nSPS) is 9.23. The number of benzene rings is 12. The molecule has 0 N–H and O–H groups in total. The Hall–Kier alpha value is -9.36. The second kappa shape index (κ2) is 82.6. The molecule has 0 unspecified atom stereocenters. The van der Waals surface area contributed by atoms with E-state index in [-0.39, 0.29) is 0 Å². The number of aryl methyl sites for hydroxylation is 15. The zero-order valence-corrected chi connectivity index (χ0v) is 88.9. The lowest BCUT2D eigenvalue weighted by Crippen LogP contribution is -1.91. The minimum atomic E-state index is 1.09. The molecule has 0 aromatic heterocycles. The van der Waals surface area contributed by atoms with E-state index in [2.05, 4.69) is 365 Å². The maximum Gasteiger partial charge on any atom is -0.0152 e. The molecule has 0 atom stereocenters. The van der Waals surface area contributed by atoms with E-state index in [1.165, 1.54) is 161 Å². The Labute approximate surface area is 783 Å². The summed E-state index contributed by atoms with van der Waals surface area (Å²) in [5, 5.41) is 0. The van der Waals surface area contributed by atoms with E-state index in [4.69, 9.17) is 0 Å². The van der Waals surface area contributed by atoms with Gasteiger partial charge in [-0.15, -0.1) is 0 Å². The van der Waals surface area contributed by atoms with Crippen LogP contribution in [0.25, 0.3) is 77.9 Å². The Bertz CT molecular complexity index is 4400. The standard InChI is InChI=1S/2C24H26.3C18H22.12C2H6/c1-4-18-7-9-21(10-8-18)22-12-14-23(15-13-22)24-16-11-19(5-2)20(6-3)17-24;1-4-18-7-9-21(10-8-18)22-11-13-23(14-12-22)24-16-19(5-2)15-20(6-3)17-24;1-4-14-7-10-17(11-8-14)18-12-9-15(5-2)13-16(18)6-3;1-4-14-7-9-17(10-8-14)18-12-15(5-2)11-16(6-3)13-18;1-4-14-7-9-17(10-8-14)18-12-11-15(5-2)16(6-3)13-18;12*1-2/h2*7-17H,4-6H2,1-3H3;3*7-13H,4-6H2,1-3H3;12*1-2H3. The average molecular weight is 1700 g/mol. The van der Waals surface area contributed by atoms with Crippen LogP contribution in [0.2, 0.25) is 0 Å². The van der Waals surface area contributed by atoms with E-state index >= 15 is 0 Å². The van der Waals surface area contributed by atoms with E-state index in [1.807, 2.05) is 166 Å². The van der Waals surface area contributed by atoms with Gasteiger partial charge in [0.15, 0.2) is 0 Å². The van der Waals surface area contributed by atoms with Crippen molar-refractivity contribution in [2.45, 2.75) is 366 Å². The third-order valence-corrected chi connectivity index (χ3v) is 20.5. The van der Waals surface area contributed by atoms with E-state index < -0.39 is 0 Å². The summed E-state index contributed by atoms with van der Waals surface area (Å²) in [5.74, 6) is 0. The van der Waals surface area contributed by atoms with Crippen molar-refractivity contribution in [3.63, 3.8) is 0 Å². The molecule has 0 aliphatic heterocycles. The second-order valence-corrected chi connectivity index (χ2v) is 27.0. The first-order chi connectivity index (χ1) is 61.8. The first-order valence-electron chi connectivity index (χ1n) is 51.1. The van der Waals surface area contributed by atoms with Crippen molar-refractivity contribution in [3.8, 4) is 77.9 Å². The van der Waals surface area contributed by atoms with Gasteiger partial charge in [0.1, 0.15) is 0 Å². The van der Waals surface area contributed by atoms with Crippen molar-refractivity contribution >= 4 is 0 Å². The SMILES string of the molecule is CC.CC.CC.CC.CC.CC.CC.CC.CC.CC.CC.CC.CCc1ccc(-c2cc(CC)cc(CC)c2)cc1.CCc1ccc(-c2ccc(-c3cc(CC)cc(CC)c3)cc2)cc1.CCc1ccc(-c2ccc(-c3ccc(CC)c(CC)c3)cc2)cc1.CCc1ccc(-c2ccc(CC)c(CC)c2)cc1.CCc1ccc(-c2ccc(CC)cc2CC)cc1. The molecular formula is C126H190. The lowest BCUT2D eigenvalue weighted by Gasteiger charge is -2.10. The highest BCUT2D eigenvalue weighted by Gasteiger charge is 2.10. The third-order valence-electron chi connectivity index (χ3n) is 20.5. The summed E-state index contributed by atoms with van der Waals surface area (Å²) >= 11 is 0. The van der Waals surface area contributed by atoms with Crippen LogP contribution in [0.1, 0.15) is 353 Å². The molecule has 694 valence electrons. The van der Waals surface area contributed by atoms with Gasteiger partial charge < -0.3 is 0 Å². The van der Waals surface area contributed by atoms with Crippen molar-refractivity contribution < 1.29 is 0 Å². The lowest BCUT2D eigenvalue weighted by atomic mass is 9.94. The minimum absolute atomic E-state index is 1.09. The molecule has 0 heterocycles. The van der Waals surface area contributed by atoms with Crippen molar-refractivity contribution in [2.75, 3.05) is 0 Å². The molecule has 126 heavy (non-hydrogen) atoms. The number of hydrogen-bond donors (Lipinski definition) is 0. The molecule has 0 bridgehead atoms. The summed E-state index contributed by atoms with van der Waals surface area (Å²) in [4.78, 5) is 0. The monoisotopic (exact) mass is 1700 g/mol. The molecule has 0 nitrogen and oxygen atoms in total. The first kappa shape index (κ1) is 125. The molecule has 0 saturated heterocycles. The Balaban J connectivity index is -0.000000458. The van der Waals surface area contributed by atoms with Crippen LogP contribution < -0.4 is 0 Å². The zero-order valence-electron chi connectivity index (χ0n) is 88.9. The van der Waals surface area contributed by atoms with Crippen molar-refractivity contribution in [1.82, 2.24) is 0 Å². The van der Waals surface area contributed by atoms with Gasteiger partial charge in [-0.1, -0.05) is 531 Å². The van der Waals surface area contributed by atoms with Crippen molar-refractivity contribution in [3.05, 3.63) is 344 Å². The van der Waals surface area contributed by atoms with E-state index in [1.54, 1.807) is 0 Å². The fourth-order valence-corrected chi connectivity index (χ4v) is 13.4. The zero-order chi connectivity index (χ0) is 96.8. The summed E-state index contributed by atoms with van der Waals surface area (Å²) < 4.78 is 0. The Morgan fingerprint density at radius 1 is 0.103 bits per heavy atom. The lowest BCUT2D eigenvalue weighted by molar-refractivity contribution is 1.04. The minimum Gasteiger partial charge on any atom is -0.0683 e. The van der Waals surface area contributed by atoms with Crippen LogP contribution >= 0.6 is 0 Å². The van der Waals surface area contributed by atoms with Crippen LogP contribution in [0.15, 0.2) is 261 Å². The molecule has 0 spiro atoms. The molecule has 0 fully saturated rings. The van der Waals surface area contributed by atoms with Gasteiger partial charge in [-0.3, -0.25) is 0 Å².